The van der Waals surface area contributed by atoms with E-state index in [1.54, 1.807) is 0 Å². The van der Waals surface area contributed by atoms with Gasteiger partial charge in [-0.3, -0.25) is 0 Å². The largest absolute Gasteiger partial charge is 0.310 e. The second kappa shape index (κ2) is 13.0. The smallest absolute Gasteiger partial charge is 0.0468 e. The summed E-state index contributed by atoms with van der Waals surface area (Å²) in [5.74, 6) is 0. The quantitative estimate of drug-likeness (QED) is 0.159. The summed E-state index contributed by atoms with van der Waals surface area (Å²) < 4.78 is 0. The molecule has 0 spiro atoms. The molecule has 1 nitrogen and oxygen atoms in total. The number of hydrogen-bond acceptors (Lipinski definition) is 1. The third-order valence-electron chi connectivity index (χ3n) is 10.6. The van der Waals surface area contributed by atoms with Crippen LogP contribution < -0.4 is 4.90 Å². The molecule has 1 heteroatoms. The molecule has 0 saturated heterocycles. The van der Waals surface area contributed by atoms with Crippen molar-refractivity contribution in [2.24, 2.45) is 0 Å². The summed E-state index contributed by atoms with van der Waals surface area (Å²) in [7, 11) is 0. The van der Waals surface area contributed by atoms with Gasteiger partial charge in [0.2, 0.25) is 0 Å². The average Bonchev–Trinajstić information content (AvgIpc) is 3.24. The number of nitrogens with zero attached hydrogens (tertiary/aromatic N) is 1. The van der Waals surface area contributed by atoms with E-state index in [1.165, 1.54) is 76.5 Å². The number of benzene rings is 10. The summed E-state index contributed by atoms with van der Waals surface area (Å²) in [5, 5.41) is 10.1. The molecule has 0 aliphatic rings. The molecule has 0 fully saturated rings. The molecular formula is C52H35N. The van der Waals surface area contributed by atoms with Gasteiger partial charge in [0.1, 0.15) is 0 Å². The highest BCUT2D eigenvalue weighted by atomic mass is 15.1. The Morgan fingerprint density at radius 1 is 0.245 bits per heavy atom. The second-order valence-electron chi connectivity index (χ2n) is 13.7. The Hall–Kier alpha value is -6.96. The fourth-order valence-corrected chi connectivity index (χ4v) is 8.13. The Kier molecular flexibility index (Phi) is 7.55. The summed E-state index contributed by atoms with van der Waals surface area (Å²) in [6.45, 7) is 0. The van der Waals surface area contributed by atoms with Crippen LogP contribution >= 0.6 is 0 Å². The van der Waals surface area contributed by atoms with Crippen molar-refractivity contribution >= 4 is 60.2 Å². The van der Waals surface area contributed by atoms with E-state index in [4.69, 9.17) is 0 Å². The maximum atomic E-state index is 2.39. The molecule has 0 N–H and O–H groups in total. The monoisotopic (exact) mass is 673 g/mol. The van der Waals surface area contributed by atoms with Gasteiger partial charge >= 0.3 is 0 Å². The molecule has 0 bridgehead atoms. The van der Waals surface area contributed by atoms with E-state index in [1.807, 2.05) is 0 Å². The molecule has 53 heavy (non-hydrogen) atoms. The van der Waals surface area contributed by atoms with Crippen LogP contribution in [0.1, 0.15) is 0 Å². The fraction of sp³-hybridized carbons (Fsp3) is 0. The van der Waals surface area contributed by atoms with Crippen molar-refractivity contribution in [3.8, 4) is 33.4 Å². The molecular weight excluding hydrogens is 639 g/mol. The maximum Gasteiger partial charge on any atom is 0.0468 e. The SMILES string of the molecule is c1ccc(-c2ccc(N(c3ccc(-c4ccc5ccccc5c4-c4ccccc4)cc3)c3ccc4c5ccccc5c5ccccc5c4c3)cc2)cc1. The standard InChI is InChI=1S/C52H35N/c1-3-13-36(14-4-1)37-23-28-41(29-24-37)53(43-32-34-50-48-21-10-9-19-46(48)47-20-11-12-22-49(47)51(50)35-43)42-30-25-39(26-31-42)45-33-27-38-15-7-8-18-44(38)52(45)40-16-5-2-6-17-40/h1-35H. The molecule has 248 valence electrons. The molecule has 0 atom stereocenters. The summed E-state index contributed by atoms with van der Waals surface area (Å²) in [6, 6.07) is 77.2. The molecule has 0 amide bonds. The normalized spacial score (nSPS) is 11.4. The average molecular weight is 674 g/mol. The van der Waals surface area contributed by atoms with Gasteiger partial charge in [-0.05, 0) is 113 Å². The van der Waals surface area contributed by atoms with Crippen LogP contribution in [0.4, 0.5) is 17.1 Å². The lowest BCUT2D eigenvalue weighted by Gasteiger charge is -2.27. The van der Waals surface area contributed by atoms with Crippen LogP contribution in [0.2, 0.25) is 0 Å². The lowest BCUT2D eigenvalue weighted by atomic mass is 9.89. The van der Waals surface area contributed by atoms with Crippen molar-refractivity contribution in [2.45, 2.75) is 0 Å². The Balaban J connectivity index is 1.14. The van der Waals surface area contributed by atoms with E-state index < -0.39 is 0 Å². The van der Waals surface area contributed by atoms with Gasteiger partial charge in [-0.15, -0.1) is 0 Å². The van der Waals surface area contributed by atoms with E-state index in [0.717, 1.165) is 17.1 Å². The first-order valence-corrected chi connectivity index (χ1v) is 18.3. The van der Waals surface area contributed by atoms with Gasteiger partial charge in [-0.25, -0.2) is 0 Å². The zero-order valence-electron chi connectivity index (χ0n) is 29.2. The first kappa shape index (κ1) is 30.8. The minimum Gasteiger partial charge on any atom is -0.310 e. The van der Waals surface area contributed by atoms with Gasteiger partial charge in [0.05, 0.1) is 0 Å². The van der Waals surface area contributed by atoms with Crippen LogP contribution in [0.3, 0.4) is 0 Å². The minimum atomic E-state index is 1.10. The van der Waals surface area contributed by atoms with Crippen molar-refractivity contribution in [1.29, 1.82) is 0 Å². The molecule has 0 saturated carbocycles. The first-order valence-electron chi connectivity index (χ1n) is 18.3. The molecule has 0 aromatic heterocycles. The number of rotatable bonds is 6. The van der Waals surface area contributed by atoms with Crippen LogP contribution in [0.5, 0.6) is 0 Å². The fourth-order valence-electron chi connectivity index (χ4n) is 8.13. The van der Waals surface area contributed by atoms with Crippen LogP contribution in [-0.2, 0) is 0 Å². The first-order chi connectivity index (χ1) is 26.3. The highest BCUT2D eigenvalue weighted by molar-refractivity contribution is 6.25. The van der Waals surface area contributed by atoms with Crippen molar-refractivity contribution < 1.29 is 0 Å². The summed E-state index contributed by atoms with van der Waals surface area (Å²) in [6.07, 6.45) is 0. The van der Waals surface area contributed by atoms with Gasteiger partial charge < -0.3 is 4.90 Å². The van der Waals surface area contributed by atoms with Gasteiger partial charge in [-0.2, -0.15) is 0 Å². The van der Waals surface area contributed by atoms with Crippen LogP contribution in [-0.4, -0.2) is 0 Å². The zero-order chi connectivity index (χ0) is 35.1. The number of hydrogen-bond donors (Lipinski definition) is 0. The molecule has 10 rings (SSSR count). The van der Waals surface area contributed by atoms with Crippen molar-refractivity contribution in [2.75, 3.05) is 4.90 Å². The van der Waals surface area contributed by atoms with Gasteiger partial charge in [-0.1, -0.05) is 176 Å². The van der Waals surface area contributed by atoms with Crippen molar-refractivity contribution in [3.05, 3.63) is 212 Å². The van der Waals surface area contributed by atoms with Crippen LogP contribution in [0.15, 0.2) is 212 Å². The summed E-state index contributed by atoms with van der Waals surface area (Å²) >= 11 is 0. The molecule has 10 aromatic carbocycles. The molecule has 0 unspecified atom stereocenters. The third-order valence-corrected chi connectivity index (χ3v) is 10.6. The molecule has 0 radical (unpaired) electrons. The lowest BCUT2D eigenvalue weighted by Crippen LogP contribution is -2.10. The zero-order valence-corrected chi connectivity index (χ0v) is 29.2. The van der Waals surface area contributed by atoms with E-state index >= 15 is 0 Å². The third kappa shape index (κ3) is 5.42. The molecule has 10 aromatic rings. The topological polar surface area (TPSA) is 3.24 Å². The maximum absolute atomic E-state index is 2.39. The molecule has 0 aliphatic carbocycles. The van der Waals surface area contributed by atoms with Gasteiger partial charge in [0.15, 0.2) is 0 Å². The van der Waals surface area contributed by atoms with Crippen molar-refractivity contribution in [1.82, 2.24) is 0 Å². The van der Waals surface area contributed by atoms with Gasteiger partial charge in [0, 0.05) is 17.1 Å². The Morgan fingerprint density at radius 2 is 0.679 bits per heavy atom. The van der Waals surface area contributed by atoms with Crippen LogP contribution in [0.25, 0.3) is 76.5 Å². The Bertz CT molecular complexity index is 2870. The van der Waals surface area contributed by atoms with Gasteiger partial charge in [0.25, 0.3) is 0 Å². The van der Waals surface area contributed by atoms with E-state index in [2.05, 4.69) is 217 Å². The predicted molar refractivity (Wildman–Crippen MR) is 227 cm³/mol. The second-order valence-corrected chi connectivity index (χ2v) is 13.7. The number of fused-ring (bicyclic) bond motifs is 7. The summed E-state index contributed by atoms with van der Waals surface area (Å²) in [5.41, 5.74) is 10.6. The Morgan fingerprint density at radius 3 is 1.28 bits per heavy atom. The Labute approximate surface area is 309 Å². The summed E-state index contributed by atoms with van der Waals surface area (Å²) in [4.78, 5) is 2.39. The van der Waals surface area contributed by atoms with Crippen molar-refractivity contribution in [3.63, 3.8) is 0 Å². The van der Waals surface area contributed by atoms with E-state index in [-0.39, 0.29) is 0 Å². The molecule has 0 heterocycles. The number of anilines is 3. The van der Waals surface area contributed by atoms with Crippen LogP contribution in [0, 0.1) is 0 Å². The minimum absolute atomic E-state index is 1.10. The predicted octanol–water partition coefficient (Wildman–Crippen LogP) is 14.8. The van der Waals surface area contributed by atoms with E-state index in [9.17, 15) is 0 Å². The van der Waals surface area contributed by atoms with E-state index in [0.29, 0.717) is 0 Å². The lowest BCUT2D eigenvalue weighted by molar-refractivity contribution is 1.29. The highest BCUT2D eigenvalue weighted by Crippen LogP contribution is 2.43. The molecule has 0 aliphatic heterocycles. The highest BCUT2D eigenvalue weighted by Gasteiger charge is 2.17.